The fraction of sp³-hybridized carbons (Fsp3) is 0.667. The fourth-order valence-electron chi connectivity index (χ4n) is 3.10. The molecule has 0 aliphatic heterocycles. The molecule has 0 heterocycles. The molecule has 2 rings (SSSR count). The van der Waals surface area contributed by atoms with Crippen LogP contribution in [0.3, 0.4) is 0 Å². The van der Waals surface area contributed by atoms with Gasteiger partial charge in [0, 0.05) is 12.3 Å². The van der Waals surface area contributed by atoms with Crippen molar-refractivity contribution in [3.63, 3.8) is 0 Å². The molecule has 0 spiro atoms. The van der Waals surface area contributed by atoms with E-state index in [1.54, 1.807) is 0 Å². The third kappa shape index (κ3) is 5.10. The van der Waals surface area contributed by atoms with E-state index in [9.17, 15) is 4.79 Å². The molecule has 140 valence electrons. The second-order valence-corrected chi connectivity index (χ2v) is 13.4. The molecule has 1 aliphatic carbocycles. The molecule has 0 N–H and O–H groups in total. The van der Waals surface area contributed by atoms with E-state index in [-0.39, 0.29) is 17.1 Å². The summed E-state index contributed by atoms with van der Waals surface area (Å²) in [6.45, 7) is 13.1. The molecule has 0 radical (unpaired) electrons. The number of hydrogen-bond donors (Lipinski definition) is 0. The van der Waals surface area contributed by atoms with Crippen molar-refractivity contribution in [3.8, 4) is 5.75 Å². The van der Waals surface area contributed by atoms with Crippen LogP contribution in [0.1, 0.15) is 71.3 Å². The predicted molar refractivity (Wildman–Crippen MR) is 106 cm³/mol. The minimum Gasteiger partial charge on any atom is -0.544 e. The van der Waals surface area contributed by atoms with Crippen LogP contribution < -0.4 is 4.43 Å². The van der Waals surface area contributed by atoms with Crippen LogP contribution in [0.4, 0.5) is 0 Å². The highest BCUT2D eigenvalue weighted by Crippen LogP contribution is 2.39. The van der Waals surface area contributed by atoms with Gasteiger partial charge in [0.1, 0.15) is 11.9 Å². The van der Waals surface area contributed by atoms with E-state index in [0.717, 1.165) is 25.0 Å². The zero-order valence-corrected chi connectivity index (χ0v) is 17.7. The first-order chi connectivity index (χ1) is 11.6. The highest BCUT2D eigenvalue weighted by molar-refractivity contribution is 6.74. The monoisotopic (exact) mass is 362 g/mol. The molecule has 3 nitrogen and oxygen atoms in total. The van der Waals surface area contributed by atoms with Gasteiger partial charge in [0.05, 0.1) is 0 Å². The van der Waals surface area contributed by atoms with Crippen LogP contribution >= 0.6 is 0 Å². The summed E-state index contributed by atoms with van der Waals surface area (Å²) in [5.74, 6) is 1.18. The van der Waals surface area contributed by atoms with E-state index in [1.807, 2.05) is 6.92 Å². The van der Waals surface area contributed by atoms with Crippen LogP contribution in [0.2, 0.25) is 18.1 Å². The number of carbonyl (C=O) groups excluding carboxylic acids is 1. The van der Waals surface area contributed by atoms with Crippen molar-refractivity contribution in [2.24, 2.45) is 0 Å². The number of esters is 1. The van der Waals surface area contributed by atoms with E-state index >= 15 is 0 Å². The molecule has 4 heteroatoms. The molecule has 1 aromatic rings. The number of carbonyl (C=O) groups is 1. The summed E-state index contributed by atoms with van der Waals surface area (Å²) in [5.41, 5.74) is 1.26. The molecule has 2 atom stereocenters. The Morgan fingerprint density at radius 2 is 1.72 bits per heavy atom. The smallest absolute Gasteiger partial charge is 0.305 e. The maximum absolute atomic E-state index is 11.7. The van der Waals surface area contributed by atoms with Crippen LogP contribution in [0.15, 0.2) is 24.3 Å². The van der Waals surface area contributed by atoms with Crippen molar-refractivity contribution in [2.45, 2.75) is 90.0 Å². The van der Waals surface area contributed by atoms with Gasteiger partial charge >= 0.3 is 5.97 Å². The quantitative estimate of drug-likeness (QED) is 0.472. The Morgan fingerprint density at radius 1 is 1.12 bits per heavy atom. The van der Waals surface area contributed by atoms with Gasteiger partial charge in [-0.05, 0) is 55.1 Å². The summed E-state index contributed by atoms with van der Waals surface area (Å²) >= 11 is 0. The van der Waals surface area contributed by atoms with Gasteiger partial charge < -0.3 is 9.16 Å². The Balaban J connectivity index is 2.11. The minimum atomic E-state index is -1.81. The van der Waals surface area contributed by atoms with Gasteiger partial charge in [0.2, 0.25) is 8.32 Å². The first-order valence-electron chi connectivity index (χ1n) is 9.62. The zero-order chi connectivity index (χ0) is 18.7. The van der Waals surface area contributed by atoms with Gasteiger partial charge in [-0.25, -0.2) is 0 Å². The molecule has 1 fully saturated rings. The third-order valence-corrected chi connectivity index (χ3v) is 10.1. The lowest BCUT2D eigenvalue weighted by Crippen LogP contribution is -2.43. The summed E-state index contributed by atoms with van der Waals surface area (Å²) in [7, 11) is -1.81. The first kappa shape index (κ1) is 20.0. The molecule has 1 aromatic carbocycles. The Bertz CT molecular complexity index is 572. The fourth-order valence-corrected chi connectivity index (χ4v) is 4.13. The lowest BCUT2D eigenvalue weighted by molar-refractivity contribution is -0.151. The Kier molecular flexibility index (Phi) is 6.36. The van der Waals surface area contributed by atoms with E-state index in [0.29, 0.717) is 12.3 Å². The standard InChI is InChI=1S/C21H34O3Si/c1-7-20(22)23-19-11-9-8-10-18(19)16-12-14-17(15-13-16)24-25(5,6)21(2,3)4/h12-15,18-19H,7-11H2,1-6H3/t18-,19+/m0/s1. The lowest BCUT2D eigenvalue weighted by Gasteiger charge is -2.36. The average molecular weight is 363 g/mol. The summed E-state index contributed by atoms with van der Waals surface area (Å²) in [6, 6.07) is 8.49. The summed E-state index contributed by atoms with van der Waals surface area (Å²) in [6.07, 6.45) is 4.87. The van der Waals surface area contributed by atoms with Crippen molar-refractivity contribution in [2.75, 3.05) is 0 Å². The van der Waals surface area contributed by atoms with Crippen LogP contribution in [-0.2, 0) is 9.53 Å². The Hall–Kier alpha value is -1.29. The van der Waals surface area contributed by atoms with E-state index in [4.69, 9.17) is 9.16 Å². The molecule has 1 saturated carbocycles. The van der Waals surface area contributed by atoms with Gasteiger partial charge in [0.25, 0.3) is 0 Å². The normalized spacial score (nSPS) is 21.7. The molecule has 25 heavy (non-hydrogen) atoms. The second-order valence-electron chi connectivity index (χ2n) is 8.70. The highest BCUT2D eigenvalue weighted by atomic mass is 28.4. The number of rotatable bonds is 5. The Morgan fingerprint density at radius 3 is 2.28 bits per heavy atom. The second kappa shape index (κ2) is 7.94. The van der Waals surface area contributed by atoms with Crippen LogP contribution in [0, 0.1) is 0 Å². The van der Waals surface area contributed by atoms with Gasteiger partial charge in [-0.2, -0.15) is 0 Å². The maximum atomic E-state index is 11.7. The van der Waals surface area contributed by atoms with Crippen LogP contribution in [0.5, 0.6) is 5.75 Å². The van der Waals surface area contributed by atoms with Gasteiger partial charge in [-0.3, -0.25) is 4.79 Å². The number of hydrogen-bond acceptors (Lipinski definition) is 3. The molecule has 0 saturated heterocycles. The van der Waals surface area contributed by atoms with Crippen molar-refractivity contribution >= 4 is 14.3 Å². The van der Waals surface area contributed by atoms with Crippen LogP contribution in [0.25, 0.3) is 0 Å². The average Bonchev–Trinajstić information content (AvgIpc) is 2.54. The van der Waals surface area contributed by atoms with Gasteiger partial charge in [-0.15, -0.1) is 0 Å². The van der Waals surface area contributed by atoms with Crippen molar-refractivity contribution in [1.29, 1.82) is 0 Å². The number of benzene rings is 1. The lowest BCUT2D eigenvalue weighted by atomic mass is 9.81. The van der Waals surface area contributed by atoms with Gasteiger partial charge in [-0.1, -0.05) is 46.2 Å². The molecule has 0 amide bonds. The predicted octanol–water partition coefficient (Wildman–Crippen LogP) is 6.05. The SMILES string of the molecule is CCC(=O)O[C@@H]1CCCC[C@H]1c1ccc(O[Si](C)(C)C(C)(C)C)cc1. The highest BCUT2D eigenvalue weighted by Gasteiger charge is 2.39. The maximum Gasteiger partial charge on any atom is 0.305 e. The molecular formula is C21H34O3Si. The summed E-state index contributed by atoms with van der Waals surface area (Å²) in [5, 5.41) is 0.189. The van der Waals surface area contributed by atoms with E-state index < -0.39 is 8.32 Å². The minimum absolute atomic E-state index is 0.0216. The Labute approximate surface area is 154 Å². The van der Waals surface area contributed by atoms with Crippen molar-refractivity contribution < 1.29 is 14.0 Å². The van der Waals surface area contributed by atoms with Crippen LogP contribution in [-0.4, -0.2) is 20.4 Å². The van der Waals surface area contributed by atoms with Crippen molar-refractivity contribution in [3.05, 3.63) is 29.8 Å². The largest absolute Gasteiger partial charge is 0.544 e. The molecule has 0 unspecified atom stereocenters. The molecule has 0 bridgehead atoms. The zero-order valence-electron chi connectivity index (χ0n) is 16.7. The van der Waals surface area contributed by atoms with Gasteiger partial charge in [0.15, 0.2) is 0 Å². The van der Waals surface area contributed by atoms with E-state index in [2.05, 4.69) is 58.1 Å². The number of ether oxygens (including phenoxy) is 1. The first-order valence-corrected chi connectivity index (χ1v) is 12.5. The topological polar surface area (TPSA) is 35.5 Å². The summed E-state index contributed by atoms with van der Waals surface area (Å²) < 4.78 is 12.1. The molecule has 0 aromatic heterocycles. The van der Waals surface area contributed by atoms with Crippen molar-refractivity contribution in [1.82, 2.24) is 0 Å². The summed E-state index contributed by atoms with van der Waals surface area (Å²) in [4.78, 5) is 11.7. The van der Waals surface area contributed by atoms with E-state index in [1.165, 1.54) is 12.0 Å². The molecular weight excluding hydrogens is 328 g/mol. The third-order valence-electron chi connectivity index (χ3n) is 5.76. The molecule has 1 aliphatic rings.